The maximum atomic E-state index is 13.1. The van der Waals surface area contributed by atoms with Crippen LogP contribution in [0, 0.1) is 6.92 Å². The lowest BCUT2D eigenvalue weighted by Gasteiger charge is -2.10. The van der Waals surface area contributed by atoms with E-state index in [2.05, 4.69) is 0 Å². The van der Waals surface area contributed by atoms with E-state index in [1.165, 1.54) is 31.1 Å². The molecule has 1 amide bonds. The Kier molecular flexibility index (Phi) is 4.00. The van der Waals surface area contributed by atoms with Gasteiger partial charge in [-0.1, -0.05) is 30.3 Å². The van der Waals surface area contributed by atoms with Crippen molar-refractivity contribution >= 4 is 27.1 Å². The third-order valence-electron chi connectivity index (χ3n) is 3.89. The van der Waals surface area contributed by atoms with Gasteiger partial charge in [-0.3, -0.25) is 0 Å². The molecule has 0 saturated heterocycles. The summed E-state index contributed by atoms with van der Waals surface area (Å²) in [5.41, 5.74) is 0.00244. The summed E-state index contributed by atoms with van der Waals surface area (Å²) >= 11 is 0. The van der Waals surface area contributed by atoms with Gasteiger partial charge < -0.3 is 4.90 Å². The number of amides is 1. The van der Waals surface area contributed by atoms with Crippen molar-refractivity contribution in [1.29, 1.82) is 0 Å². The second-order valence-electron chi connectivity index (χ2n) is 5.82. The zero-order chi connectivity index (χ0) is 18.4. The summed E-state index contributed by atoms with van der Waals surface area (Å²) in [5.74, 6) is 0. The molecule has 7 nitrogen and oxygen atoms in total. The van der Waals surface area contributed by atoms with Crippen LogP contribution in [0.1, 0.15) is 5.56 Å². The molecule has 2 aromatic carbocycles. The molecule has 0 aliphatic rings. The number of fused-ring (bicyclic) bond motifs is 1. The molecule has 25 heavy (non-hydrogen) atoms. The number of benzene rings is 2. The molecular weight excluding hydrogens is 342 g/mol. The van der Waals surface area contributed by atoms with Crippen molar-refractivity contribution in [3.05, 3.63) is 64.6 Å². The van der Waals surface area contributed by atoms with Gasteiger partial charge in [-0.05, 0) is 30.7 Å². The standard InChI is InChI=1S/C17H17N3O4S/c1-12-8-4-7-11-15(12)25(23,24)20-14-10-6-5-9-13(14)19(17(20)22)16(21)18(2)3/h4-11H,1-3H3. The Balaban J connectivity index is 2.43. The number of hydrogen-bond acceptors (Lipinski definition) is 4. The molecule has 0 unspecified atom stereocenters. The molecule has 130 valence electrons. The van der Waals surface area contributed by atoms with E-state index < -0.39 is 21.7 Å². The zero-order valence-electron chi connectivity index (χ0n) is 14.0. The molecule has 0 aliphatic carbocycles. The molecule has 0 saturated carbocycles. The van der Waals surface area contributed by atoms with E-state index in [1.54, 1.807) is 43.3 Å². The molecule has 1 heterocycles. The number of carbonyl (C=O) groups excluding carboxylic acids is 1. The van der Waals surface area contributed by atoms with Crippen molar-refractivity contribution in [1.82, 2.24) is 13.4 Å². The molecule has 8 heteroatoms. The first kappa shape index (κ1) is 17.0. The van der Waals surface area contributed by atoms with Gasteiger partial charge in [0.25, 0.3) is 10.0 Å². The van der Waals surface area contributed by atoms with Crippen LogP contribution in [0.3, 0.4) is 0 Å². The van der Waals surface area contributed by atoms with Crippen LogP contribution in [-0.2, 0) is 10.0 Å². The summed E-state index contributed by atoms with van der Waals surface area (Å²) in [6.07, 6.45) is 0. The summed E-state index contributed by atoms with van der Waals surface area (Å²) in [6.45, 7) is 1.65. The van der Waals surface area contributed by atoms with Crippen LogP contribution >= 0.6 is 0 Å². The lowest BCUT2D eigenvalue weighted by molar-refractivity contribution is 0.219. The average molecular weight is 359 g/mol. The molecule has 0 bridgehead atoms. The van der Waals surface area contributed by atoms with Crippen molar-refractivity contribution in [2.75, 3.05) is 14.1 Å². The lowest BCUT2D eigenvalue weighted by Crippen LogP contribution is -2.37. The van der Waals surface area contributed by atoms with E-state index in [0.29, 0.717) is 9.54 Å². The highest BCUT2D eigenvalue weighted by Gasteiger charge is 2.28. The Labute approximate surface area is 144 Å². The number of hydrogen-bond donors (Lipinski definition) is 0. The maximum absolute atomic E-state index is 13.1. The molecule has 3 aromatic rings. The van der Waals surface area contributed by atoms with E-state index in [4.69, 9.17) is 0 Å². The van der Waals surface area contributed by atoms with Crippen molar-refractivity contribution in [3.8, 4) is 0 Å². The minimum absolute atomic E-state index is 0.0253. The summed E-state index contributed by atoms with van der Waals surface area (Å²) in [5, 5.41) is 0. The summed E-state index contributed by atoms with van der Waals surface area (Å²) in [4.78, 5) is 26.5. The predicted octanol–water partition coefficient (Wildman–Crippen LogP) is 1.88. The predicted molar refractivity (Wildman–Crippen MR) is 94.4 cm³/mol. The van der Waals surface area contributed by atoms with Crippen LogP contribution in [0.5, 0.6) is 0 Å². The average Bonchev–Trinajstić information content (AvgIpc) is 2.86. The number of imidazole rings is 1. The van der Waals surface area contributed by atoms with Crippen molar-refractivity contribution in [2.45, 2.75) is 11.8 Å². The molecule has 1 aromatic heterocycles. The molecule has 0 radical (unpaired) electrons. The van der Waals surface area contributed by atoms with Gasteiger partial charge in [0.2, 0.25) is 0 Å². The number of carbonyl (C=O) groups is 1. The quantitative estimate of drug-likeness (QED) is 0.700. The number of rotatable bonds is 2. The smallest absolute Gasteiger partial charge is 0.330 e. The van der Waals surface area contributed by atoms with Crippen molar-refractivity contribution < 1.29 is 13.2 Å². The SMILES string of the molecule is Cc1ccccc1S(=O)(=O)n1c(=O)n(C(=O)N(C)C)c2ccccc21. The second-order valence-corrected chi connectivity index (χ2v) is 7.57. The Morgan fingerprint density at radius 2 is 1.52 bits per heavy atom. The van der Waals surface area contributed by atoms with Crippen LogP contribution < -0.4 is 5.69 Å². The summed E-state index contributed by atoms with van der Waals surface area (Å²) in [6, 6.07) is 12.1. The monoisotopic (exact) mass is 359 g/mol. The fraction of sp³-hybridized carbons (Fsp3) is 0.176. The van der Waals surface area contributed by atoms with Crippen LogP contribution in [-0.4, -0.2) is 42.0 Å². The van der Waals surface area contributed by atoms with Crippen LogP contribution in [0.25, 0.3) is 11.0 Å². The van der Waals surface area contributed by atoms with Crippen molar-refractivity contribution in [2.24, 2.45) is 0 Å². The van der Waals surface area contributed by atoms with Crippen LogP contribution in [0.15, 0.2) is 58.2 Å². The van der Waals surface area contributed by atoms with Crippen LogP contribution in [0.2, 0.25) is 0 Å². The summed E-state index contributed by atoms with van der Waals surface area (Å²) in [7, 11) is -1.16. The highest BCUT2D eigenvalue weighted by molar-refractivity contribution is 7.90. The molecular formula is C17H17N3O4S. The summed E-state index contributed by atoms with van der Waals surface area (Å²) < 4.78 is 27.8. The van der Waals surface area contributed by atoms with Crippen molar-refractivity contribution in [3.63, 3.8) is 0 Å². The molecule has 3 rings (SSSR count). The van der Waals surface area contributed by atoms with Gasteiger partial charge in [-0.2, -0.15) is 3.97 Å². The van der Waals surface area contributed by atoms with Gasteiger partial charge in [-0.15, -0.1) is 0 Å². The third-order valence-corrected chi connectivity index (χ3v) is 5.74. The lowest BCUT2D eigenvalue weighted by atomic mass is 10.2. The van der Waals surface area contributed by atoms with Gasteiger partial charge in [-0.25, -0.2) is 22.6 Å². The molecule has 0 spiro atoms. The van der Waals surface area contributed by atoms with E-state index in [9.17, 15) is 18.0 Å². The Morgan fingerprint density at radius 1 is 0.960 bits per heavy atom. The normalized spacial score (nSPS) is 11.6. The number of para-hydroxylation sites is 2. The second kappa shape index (κ2) is 5.89. The van der Waals surface area contributed by atoms with E-state index >= 15 is 0 Å². The molecule has 0 fully saturated rings. The van der Waals surface area contributed by atoms with Gasteiger partial charge >= 0.3 is 11.7 Å². The van der Waals surface area contributed by atoms with E-state index in [-0.39, 0.29) is 15.9 Å². The van der Waals surface area contributed by atoms with E-state index in [0.717, 1.165) is 4.57 Å². The number of aryl methyl sites for hydroxylation is 1. The fourth-order valence-electron chi connectivity index (χ4n) is 2.68. The first-order valence-electron chi connectivity index (χ1n) is 7.52. The molecule has 0 aliphatic heterocycles. The number of aromatic nitrogens is 2. The zero-order valence-corrected chi connectivity index (χ0v) is 14.8. The topological polar surface area (TPSA) is 81.4 Å². The van der Waals surface area contributed by atoms with E-state index in [1.807, 2.05) is 0 Å². The highest BCUT2D eigenvalue weighted by atomic mass is 32.2. The number of nitrogens with zero attached hydrogens (tertiary/aromatic N) is 3. The maximum Gasteiger partial charge on any atom is 0.351 e. The largest absolute Gasteiger partial charge is 0.351 e. The first-order chi connectivity index (χ1) is 11.8. The molecule has 0 N–H and O–H groups in total. The Bertz CT molecular complexity index is 1140. The Hall–Kier alpha value is -2.87. The fourth-order valence-corrected chi connectivity index (χ4v) is 4.31. The van der Waals surface area contributed by atoms with Gasteiger partial charge in [0, 0.05) is 14.1 Å². The minimum atomic E-state index is -4.15. The minimum Gasteiger partial charge on any atom is -0.330 e. The van der Waals surface area contributed by atoms with Gasteiger partial charge in [0.15, 0.2) is 0 Å². The third kappa shape index (κ3) is 2.54. The molecule has 0 atom stereocenters. The van der Waals surface area contributed by atoms with Gasteiger partial charge in [0.1, 0.15) is 0 Å². The van der Waals surface area contributed by atoms with Crippen LogP contribution in [0.4, 0.5) is 4.79 Å². The Morgan fingerprint density at radius 3 is 2.12 bits per heavy atom. The highest BCUT2D eigenvalue weighted by Crippen LogP contribution is 2.22. The van der Waals surface area contributed by atoms with Gasteiger partial charge in [0.05, 0.1) is 15.9 Å². The first-order valence-corrected chi connectivity index (χ1v) is 8.96.